The molecule has 3 aliphatic rings. The highest BCUT2D eigenvalue weighted by molar-refractivity contribution is 5.82. The molecule has 0 unspecified atom stereocenters. The van der Waals surface area contributed by atoms with Gasteiger partial charge in [0.2, 0.25) is 5.91 Å². The molecule has 2 amide bonds. The van der Waals surface area contributed by atoms with Crippen molar-refractivity contribution in [1.82, 2.24) is 10.2 Å². The zero-order chi connectivity index (χ0) is 23.1. The zero-order valence-corrected chi connectivity index (χ0v) is 18.6. The molecule has 2 N–H and O–H groups in total. The van der Waals surface area contributed by atoms with E-state index in [4.69, 9.17) is 9.84 Å². The number of carboxylic acids is 1. The van der Waals surface area contributed by atoms with E-state index in [2.05, 4.69) is 29.6 Å². The summed E-state index contributed by atoms with van der Waals surface area (Å²) in [5.41, 5.74) is 4.71. The van der Waals surface area contributed by atoms with Gasteiger partial charge in [-0.15, -0.1) is 0 Å². The number of benzene rings is 2. The summed E-state index contributed by atoms with van der Waals surface area (Å²) in [5.74, 6) is -1.06. The maximum Gasteiger partial charge on any atom is 0.407 e. The number of carbonyl (C=O) groups is 3. The lowest BCUT2D eigenvalue weighted by atomic mass is 9.79. The molecule has 0 heterocycles. The molecule has 2 aromatic carbocycles. The Morgan fingerprint density at radius 1 is 1.00 bits per heavy atom. The van der Waals surface area contributed by atoms with Gasteiger partial charge in [-0.3, -0.25) is 9.59 Å². The van der Waals surface area contributed by atoms with Crippen LogP contribution in [0.4, 0.5) is 4.79 Å². The van der Waals surface area contributed by atoms with Crippen molar-refractivity contribution in [1.29, 1.82) is 0 Å². The summed E-state index contributed by atoms with van der Waals surface area (Å²) in [4.78, 5) is 37.6. The number of carbonyl (C=O) groups excluding carboxylic acids is 2. The van der Waals surface area contributed by atoms with Gasteiger partial charge in [-0.25, -0.2) is 4.79 Å². The lowest BCUT2D eigenvalue weighted by Crippen LogP contribution is -2.48. The number of hydrogen-bond acceptors (Lipinski definition) is 4. The molecule has 2 fully saturated rings. The van der Waals surface area contributed by atoms with Crippen molar-refractivity contribution >= 4 is 18.0 Å². The number of carboxylic acid groups (broad SMARTS) is 1. The molecule has 5 rings (SSSR count). The van der Waals surface area contributed by atoms with Gasteiger partial charge in [-0.05, 0) is 47.4 Å². The highest BCUT2D eigenvalue weighted by Crippen LogP contribution is 2.45. The van der Waals surface area contributed by atoms with E-state index in [9.17, 15) is 14.4 Å². The van der Waals surface area contributed by atoms with Crippen LogP contribution in [0.5, 0.6) is 0 Å². The molecule has 7 heteroatoms. The monoisotopic (exact) mass is 448 g/mol. The van der Waals surface area contributed by atoms with E-state index >= 15 is 0 Å². The van der Waals surface area contributed by atoms with Gasteiger partial charge in [0, 0.05) is 31.5 Å². The summed E-state index contributed by atoms with van der Waals surface area (Å²) in [6.07, 6.45) is 1.31. The molecule has 0 radical (unpaired) electrons. The molecule has 33 heavy (non-hydrogen) atoms. The summed E-state index contributed by atoms with van der Waals surface area (Å²) >= 11 is 0. The van der Waals surface area contributed by atoms with Crippen LogP contribution in [0.15, 0.2) is 48.5 Å². The summed E-state index contributed by atoms with van der Waals surface area (Å²) in [5, 5.41) is 11.8. The Morgan fingerprint density at radius 3 is 2.21 bits per heavy atom. The predicted molar refractivity (Wildman–Crippen MR) is 122 cm³/mol. The van der Waals surface area contributed by atoms with Gasteiger partial charge in [0.25, 0.3) is 0 Å². The van der Waals surface area contributed by atoms with Crippen molar-refractivity contribution in [3.05, 3.63) is 59.7 Å². The van der Waals surface area contributed by atoms with Crippen LogP contribution < -0.4 is 5.32 Å². The average Bonchev–Trinajstić information content (AvgIpc) is 3.49. The zero-order valence-electron chi connectivity index (χ0n) is 18.6. The van der Waals surface area contributed by atoms with Crippen LogP contribution in [0.2, 0.25) is 0 Å². The largest absolute Gasteiger partial charge is 0.481 e. The van der Waals surface area contributed by atoms with Crippen LogP contribution in [0, 0.1) is 17.8 Å². The number of hydrogen-bond donors (Lipinski definition) is 2. The number of nitrogens with zero attached hydrogens (tertiary/aromatic N) is 1. The second-order valence-electron chi connectivity index (χ2n) is 9.42. The lowest BCUT2D eigenvalue weighted by Gasteiger charge is -2.39. The number of nitrogens with one attached hydrogen (secondary N) is 1. The van der Waals surface area contributed by atoms with Crippen molar-refractivity contribution in [2.24, 2.45) is 17.8 Å². The normalized spacial score (nSPS) is 24.8. The fraction of sp³-hybridized carbons (Fsp3) is 0.423. The molecule has 2 aromatic rings. The van der Waals surface area contributed by atoms with Gasteiger partial charge in [0.1, 0.15) is 6.61 Å². The summed E-state index contributed by atoms with van der Waals surface area (Å²) in [7, 11) is 1.75. The quantitative estimate of drug-likeness (QED) is 0.676. The standard InChI is InChI=1S/C26H28N2O5/c1-28(17-10-15(11-17)25(30)31)24(29)22-12-16(22)13-27-26(32)33-14-23-20-8-4-2-6-18(20)19-7-3-5-9-21(19)23/h2-9,15-17,22-23H,10-14H2,1H3,(H,27,32)(H,30,31)/t15?,16-,17?,22-/m1/s1. The summed E-state index contributed by atoms with van der Waals surface area (Å²) < 4.78 is 5.56. The van der Waals surface area contributed by atoms with E-state index < -0.39 is 12.1 Å². The fourth-order valence-electron chi connectivity index (χ4n) is 5.19. The first-order valence-corrected chi connectivity index (χ1v) is 11.5. The first-order valence-electron chi connectivity index (χ1n) is 11.5. The van der Waals surface area contributed by atoms with Crippen LogP contribution in [-0.4, -0.2) is 54.2 Å². The molecule has 0 aromatic heterocycles. The molecule has 2 saturated carbocycles. The Hall–Kier alpha value is -3.35. The Kier molecular flexibility index (Phi) is 5.56. The number of rotatable bonds is 7. The topological polar surface area (TPSA) is 95.9 Å². The van der Waals surface area contributed by atoms with E-state index in [-0.39, 0.29) is 42.2 Å². The first kappa shape index (κ1) is 21.5. The number of aliphatic carboxylic acids is 1. The van der Waals surface area contributed by atoms with Gasteiger partial charge >= 0.3 is 12.1 Å². The van der Waals surface area contributed by atoms with Crippen molar-refractivity contribution in [2.45, 2.75) is 31.2 Å². The minimum atomic E-state index is -0.788. The molecule has 7 nitrogen and oxygen atoms in total. The third-order valence-electron chi connectivity index (χ3n) is 7.45. The molecule has 0 bridgehead atoms. The highest BCUT2D eigenvalue weighted by Gasteiger charge is 2.47. The molecule has 0 aliphatic heterocycles. The predicted octanol–water partition coefficient (Wildman–Crippen LogP) is 3.48. The van der Waals surface area contributed by atoms with Crippen LogP contribution in [0.25, 0.3) is 11.1 Å². The maximum atomic E-state index is 12.6. The van der Waals surface area contributed by atoms with E-state index in [0.29, 0.717) is 19.4 Å². The van der Waals surface area contributed by atoms with E-state index in [1.807, 2.05) is 24.3 Å². The molecule has 0 saturated heterocycles. The SMILES string of the molecule is CN(C(=O)[C@@H]1C[C@@H]1CNC(=O)OCC1c2ccccc2-c2ccccc21)C1CC(C(=O)O)C1. The van der Waals surface area contributed by atoms with E-state index in [1.54, 1.807) is 11.9 Å². The first-order chi connectivity index (χ1) is 15.9. The summed E-state index contributed by atoms with van der Waals surface area (Å²) in [6, 6.07) is 16.4. The second kappa shape index (κ2) is 8.54. The lowest BCUT2D eigenvalue weighted by molar-refractivity contribution is -0.150. The van der Waals surface area contributed by atoms with Gasteiger partial charge < -0.3 is 20.1 Å². The molecular weight excluding hydrogens is 420 g/mol. The molecule has 3 aliphatic carbocycles. The average molecular weight is 449 g/mol. The van der Waals surface area contributed by atoms with Gasteiger partial charge in [0.15, 0.2) is 0 Å². The highest BCUT2D eigenvalue weighted by atomic mass is 16.5. The van der Waals surface area contributed by atoms with Gasteiger partial charge in [-0.2, -0.15) is 0 Å². The maximum absolute atomic E-state index is 12.6. The Labute approximate surface area is 192 Å². The third-order valence-corrected chi connectivity index (χ3v) is 7.45. The van der Waals surface area contributed by atoms with Gasteiger partial charge in [0.05, 0.1) is 5.92 Å². The van der Waals surface area contributed by atoms with Crippen molar-refractivity contribution < 1.29 is 24.2 Å². The van der Waals surface area contributed by atoms with Crippen LogP contribution in [0.1, 0.15) is 36.3 Å². The van der Waals surface area contributed by atoms with E-state index in [1.165, 1.54) is 22.3 Å². The van der Waals surface area contributed by atoms with Crippen LogP contribution >= 0.6 is 0 Å². The van der Waals surface area contributed by atoms with Crippen LogP contribution in [0.3, 0.4) is 0 Å². The molecule has 172 valence electrons. The Morgan fingerprint density at radius 2 is 1.61 bits per heavy atom. The smallest absolute Gasteiger partial charge is 0.407 e. The third kappa shape index (κ3) is 4.08. The minimum Gasteiger partial charge on any atom is -0.481 e. The van der Waals surface area contributed by atoms with Gasteiger partial charge in [-0.1, -0.05) is 48.5 Å². The van der Waals surface area contributed by atoms with Crippen molar-refractivity contribution in [3.8, 4) is 11.1 Å². The number of alkyl carbamates (subject to hydrolysis) is 1. The summed E-state index contributed by atoms with van der Waals surface area (Å²) in [6.45, 7) is 0.672. The molecule has 0 spiro atoms. The Bertz CT molecular complexity index is 1050. The molecular formula is C26H28N2O5. The number of ether oxygens (including phenoxy) is 1. The number of amides is 2. The Balaban J connectivity index is 1.08. The molecule has 2 atom stereocenters. The van der Waals surface area contributed by atoms with Crippen molar-refractivity contribution in [3.63, 3.8) is 0 Å². The second-order valence-corrected chi connectivity index (χ2v) is 9.42. The minimum absolute atomic E-state index is 0.00920. The number of fused-ring (bicyclic) bond motifs is 3. The van der Waals surface area contributed by atoms with Crippen LogP contribution in [-0.2, 0) is 14.3 Å². The van der Waals surface area contributed by atoms with Crippen molar-refractivity contribution in [2.75, 3.05) is 20.2 Å². The fourth-order valence-corrected chi connectivity index (χ4v) is 5.19. The van der Waals surface area contributed by atoms with E-state index in [0.717, 1.165) is 6.42 Å².